The van der Waals surface area contributed by atoms with E-state index >= 15 is 0 Å². The van der Waals surface area contributed by atoms with Crippen LogP contribution in [-0.2, 0) is 0 Å². The van der Waals surface area contributed by atoms with E-state index in [0.29, 0.717) is 24.3 Å². The molecule has 0 saturated carbocycles. The molecule has 0 bridgehead atoms. The van der Waals surface area contributed by atoms with Crippen LogP contribution in [0.15, 0.2) is 49.4 Å². The Morgan fingerprint density at radius 2 is 2.03 bits per heavy atom. The molecule has 0 spiro atoms. The van der Waals surface area contributed by atoms with Crippen molar-refractivity contribution in [3.05, 3.63) is 55.0 Å². The lowest BCUT2D eigenvalue weighted by Gasteiger charge is -2.23. The first-order valence-corrected chi connectivity index (χ1v) is 11.1. The van der Waals surface area contributed by atoms with Crippen LogP contribution in [0.5, 0.6) is 0 Å². The third kappa shape index (κ3) is 3.16. The molecule has 1 saturated heterocycles. The molecule has 0 amide bonds. The van der Waals surface area contributed by atoms with E-state index in [9.17, 15) is 10.5 Å². The molecule has 1 aliphatic heterocycles. The van der Waals surface area contributed by atoms with Gasteiger partial charge in [0, 0.05) is 60.1 Å². The summed E-state index contributed by atoms with van der Waals surface area (Å²) >= 11 is 0. The molecule has 6 rings (SSSR count). The highest BCUT2D eigenvalue weighted by molar-refractivity contribution is 5.90. The molecule has 0 radical (unpaired) electrons. The van der Waals surface area contributed by atoms with E-state index in [1.807, 2.05) is 35.4 Å². The minimum absolute atomic E-state index is 0.0907. The van der Waals surface area contributed by atoms with Crippen LogP contribution in [0.2, 0.25) is 0 Å². The fraction of sp³-hybridized carbons (Fsp3) is 0.250. The van der Waals surface area contributed by atoms with Gasteiger partial charge in [0.1, 0.15) is 29.4 Å². The molecule has 2 atom stereocenters. The van der Waals surface area contributed by atoms with E-state index in [1.165, 1.54) is 6.33 Å². The Hall–Kier alpha value is -4.70. The summed E-state index contributed by atoms with van der Waals surface area (Å²) in [5.74, 6) is 0.880. The highest BCUT2D eigenvalue weighted by Gasteiger charge is 2.33. The topological polar surface area (TPSA) is 139 Å². The fourth-order valence-electron chi connectivity index (χ4n) is 4.97. The summed E-state index contributed by atoms with van der Waals surface area (Å²) in [5.41, 5.74) is 3.83. The predicted molar refractivity (Wildman–Crippen MR) is 126 cm³/mol. The third-order valence-electron chi connectivity index (χ3n) is 6.63. The number of hydrogen-bond donors (Lipinski definition) is 2. The van der Waals surface area contributed by atoms with Crippen molar-refractivity contribution in [2.24, 2.45) is 5.92 Å². The van der Waals surface area contributed by atoms with Gasteiger partial charge in [0.2, 0.25) is 0 Å². The Bertz CT molecular complexity index is 1580. The lowest BCUT2D eigenvalue weighted by molar-refractivity contribution is 0.332. The van der Waals surface area contributed by atoms with Crippen LogP contribution in [0.1, 0.15) is 24.4 Å². The van der Waals surface area contributed by atoms with Gasteiger partial charge in [-0.15, -0.1) is 0 Å². The van der Waals surface area contributed by atoms with Gasteiger partial charge in [-0.25, -0.2) is 15.0 Å². The first-order chi connectivity index (χ1) is 16.8. The highest BCUT2D eigenvalue weighted by Crippen LogP contribution is 2.35. The predicted octanol–water partition coefficient (Wildman–Crippen LogP) is 3.55. The number of aromatic amines is 2. The van der Waals surface area contributed by atoms with Crippen molar-refractivity contribution >= 4 is 27.8 Å². The monoisotopic (exact) mass is 448 g/mol. The smallest absolute Gasteiger partial charge is 0.148 e. The molecule has 2 N–H and O–H groups in total. The minimum atomic E-state index is -0.0907. The standard InChI is InChI=1S/C24H20N10/c25-5-1-20(34-13-17(11-32-34)22-18-3-7-28-23(18)31-14-30-22)16-4-8-33(12-16)24-19(9-26)21-15(10-29-24)2-6-27-21/h2-3,6-7,10-11,13-14,16,20,27H,1,4,8,12H2,(H,28,30,31). The first kappa shape index (κ1) is 19.9. The third-order valence-corrected chi connectivity index (χ3v) is 6.63. The van der Waals surface area contributed by atoms with E-state index < -0.39 is 0 Å². The van der Waals surface area contributed by atoms with E-state index in [0.717, 1.165) is 46.2 Å². The number of hydrogen-bond acceptors (Lipinski definition) is 7. The largest absolute Gasteiger partial charge is 0.360 e. The van der Waals surface area contributed by atoms with Gasteiger partial charge in [-0.05, 0) is 18.6 Å². The lowest BCUT2D eigenvalue weighted by Crippen LogP contribution is -2.26. The summed E-state index contributed by atoms with van der Waals surface area (Å²) in [5, 5.41) is 25.8. The van der Waals surface area contributed by atoms with Gasteiger partial charge in [-0.1, -0.05) is 0 Å². The van der Waals surface area contributed by atoms with E-state index in [2.05, 4.69) is 47.1 Å². The number of fused-ring (bicyclic) bond motifs is 2. The van der Waals surface area contributed by atoms with Gasteiger partial charge < -0.3 is 14.9 Å². The molecule has 5 aromatic heterocycles. The summed E-state index contributed by atoms with van der Waals surface area (Å²) in [6, 6.07) is 8.42. The molecule has 10 heteroatoms. The summed E-state index contributed by atoms with van der Waals surface area (Å²) in [4.78, 5) is 21.7. The average Bonchev–Trinajstić information content (AvgIpc) is 3.67. The lowest BCUT2D eigenvalue weighted by atomic mass is 9.96. The minimum Gasteiger partial charge on any atom is -0.360 e. The Morgan fingerprint density at radius 1 is 1.12 bits per heavy atom. The molecule has 0 aromatic carbocycles. The normalized spacial score (nSPS) is 16.6. The number of H-pyrrole nitrogens is 2. The van der Waals surface area contributed by atoms with Crippen molar-refractivity contribution in [3.8, 4) is 23.4 Å². The summed E-state index contributed by atoms with van der Waals surface area (Å²) in [7, 11) is 0. The Kier molecular flexibility index (Phi) is 4.70. The van der Waals surface area contributed by atoms with Crippen molar-refractivity contribution in [3.63, 3.8) is 0 Å². The Morgan fingerprint density at radius 3 is 2.91 bits per heavy atom. The zero-order valence-electron chi connectivity index (χ0n) is 18.2. The first-order valence-electron chi connectivity index (χ1n) is 11.1. The van der Waals surface area contributed by atoms with Crippen LogP contribution >= 0.6 is 0 Å². The van der Waals surface area contributed by atoms with Gasteiger partial charge in [0.25, 0.3) is 0 Å². The van der Waals surface area contributed by atoms with Crippen molar-refractivity contribution in [2.45, 2.75) is 18.9 Å². The Labute approximate surface area is 194 Å². The maximum Gasteiger partial charge on any atom is 0.148 e. The number of anilines is 1. The summed E-state index contributed by atoms with van der Waals surface area (Å²) in [6.45, 7) is 1.47. The van der Waals surface area contributed by atoms with Crippen molar-refractivity contribution in [1.29, 1.82) is 10.5 Å². The van der Waals surface area contributed by atoms with E-state index in [4.69, 9.17) is 0 Å². The second-order valence-electron chi connectivity index (χ2n) is 8.47. The van der Waals surface area contributed by atoms with E-state index in [1.54, 1.807) is 12.4 Å². The molecular weight excluding hydrogens is 428 g/mol. The van der Waals surface area contributed by atoms with Crippen LogP contribution in [0.25, 0.3) is 33.2 Å². The van der Waals surface area contributed by atoms with Crippen LogP contribution in [0, 0.1) is 28.6 Å². The van der Waals surface area contributed by atoms with Crippen molar-refractivity contribution in [1.82, 2.24) is 34.7 Å². The van der Waals surface area contributed by atoms with Crippen molar-refractivity contribution < 1.29 is 0 Å². The average molecular weight is 448 g/mol. The van der Waals surface area contributed by atoms with Gasteiger partial charge in [-0.3, -0.25) is 4.68 Å². The van der Waals surface area contributed by atoms with Gasteiger partial charge in [0.05, 0.1) is 35.9 Å². The summed E-state index contributed by atoms with van der Waals surface area (Å²) < 4.78 is 1.89. The molecule has 1 aliphatic rings. The van der Waals surface area contributed by atoms with Crippen LogP contribution < -0.4 is 4.90 Å². The number of pyridine rings is 1. The number of nitrogens with one attached hydrogen (secondary N) is 2. The second-order valence-corrected chi connectivity index (χ2v) is 8.47. The molecule has 166 valence electrons. The zero-order chi connectivity index (χ0) is 23.1. The summed E-state index contributed by atoms with van der Waals surface area (Å²) in [6.07, 6.45) is 12.0. The van der Waals surface area contributed by atoms with Gasteiger partial charge in [-0.2, -0.15) is 15.6 Å². The SMILES string of the molecule is N#CCC(C1CCN(c2ncc3cc[nH]c3c2C#N)C1)n1cc(-c2ncnc3[nH]ccc23)cn1. The molecule has 6 heterocycles. The van der Waals surface area contributed by atoms with Crippen LogP contribution in [-0.4, -0.2) is 47.8 Å². The number of aromatic nitrogens is 7. The molecule has 34 heavy (non-hydrogen) atoms. The quantitative estimate of drug-likeness (QED) is 0.419. The molecular formula is C24H20N10. The van der Waals surface area contributed by atoms with Crippen LogP contribution in [0.4, 0.5) is 5.82 Å². The molecule has 1 fully saturated rings. The Balaban J connectivity index is 1.29. The second kappa shape index (κ2) is 8.01. The van der Waals surface area contributed by atoms with E-state index in [-0.39, 0.29) is 12.0 Å². The molecule has 10 nitrogen and oxygen atoms in total. The molecule has 2 unspecified atom stereocenters. The number of rotatable bonds is 5. The molecule has 0 aliphatic carbocycles. The fourth-order valence-corrected chi connectivity index (χ4v) is 4.97. The van der Waals surface area contributed by atoms with Crippen LogP contribution in [0.3, 0.4) is 0 Å². The van der Waals surface area contributed by atoms with Gasteiger partial charge in [0.15, 0.2) is 0 Å². The highest BCUT2D eigenvalue weighted by atomic mass is 15.3. The van der Waals surface area contributed by atoms with Crippen molar-refractivity contribution in [2.75, 3.05) is 18.0 Å². The maximum atomic E-state index is 9.80. The zero-order valence-corrected chi connectivity index (χ0v) is 18.2. The molecule has 5 aromatic rings. The maximum absolute atomic E-state index is 9.80. The van der Waals surface area contributed by atoms with Gasteiger partial charge >= 0.3 is 0 Å². The number of nitriles is 2. The number of nitrogens with zero attached hydrogens (tertiary/aromatic N) is 8.